The van der Waals surface area contributed by atoms with Crippen LogP contribution >= 0.6 is 0 Å². The van der Waals surface area contributed by atoms with Crippen molar-refractivity contribution >= 4 is 22.6 Å². The smallest absolute Gasteiger partial charge is 0.240 e. The standard InChI is InChI=1S/C34H30N2O2/c35-33(38)31(23-26-15-12-14-25-13-10-11-22-30(25)26)36-32(37)24-34(27-16-4-1-5-17-27,28-18-6-2-7-19-28)29-20-8-3-9-21-29/h1-22,31H,23-24H2,(H2,35,38)(H,36,37)/t31-/m1/s1. The van der Waals surface area contributed by atoms with Gasteiger partial charge in [-0.15, -0.1) is 0 Å². The Morgan fingerprint density at radius 1 is 0.632 bits per heavy atom. The fraction of sp³-hybridized carbons (Fsp3) is 0.118. The number of nitrogens with one attached hydrogen (secondary N) is 1. The van der Waals surface area contributed by atoms with Gasteiger partial charge in [0, 0.05) is 12.8 Å². The first kappa shape index (κ1) is 25.0. The predicted molar refractivity (Wildman–Crippen MR) is 153 cm³/mol. The summed E-state index contributed by atoms with van der Waals surface area (Å²) in [6.07, 6.45) is 0.432. The number of hydrogen-bond acceptors (Lipinski definition) is 2. The Morgan fingerprint density at radius 2 is 1.11 bits per heavy atom. The molecular formula is C34H30N2O2. The first-order valence-corrected chi connectivity index (χ1v) is 12.8. The summed E-state index contributed by atoms with van der Waals surface area (Å²) in [5.74, 6) is -0.804. The molecule has 188 valence electrons. The molecule has 1 atom stereocenters. The fourth-order valence-electron chi connectivity index (χ4n) is 5.37. The first-order chi connectivity index (χ1) is 18.6. The highest BCUT2D eigenvalue weighted by molar-refractivity contribution is 5.90. The normalized spacial score (nSPS) is 12.1. The van der Waals surface area contributed by atoms with Gasteiger partial charge >= 0.3 is 0 Å². The molecule has 0 aromatic heterocycles. The average Bonchev–Trinajstić information content (AvgIpc) is 2.97. The van der Waals surface area contributed by atoms with Crippen LogP contribution < -0.4 is 11.1 Å². The van der Waals surface area contributed by atoms with Crippen molar-refractivity contribution in [1.29, 1.82) is 0 Å². The molecule has 5 aromatic carbocycles. The number of fused-ring (bicyclic) bond motifs is 1. The largest absolute Gasteiger partial charge is 0.368 e. The lowest BCUT2D eigenvalue weighted by atomic mass is 9.67. The number of primary amides is 1. The van der Waals surface area contributed by atoms with E-state index >= 15 is 0 Å². The van der Waals surface area contributed by atoms with Gasteiger partial charge in [-0.05, 0) is 33.0 Å². The summed E-state index contributed by atoms with van der Waals surface area (Å²) in [5, 5.41) is 5.10. The molecule has 0 radical (unpaired) electrons. The van der Waals surface area contributed by atoms with Crippen molar-refractivity contribution in [3.63, 3.8) is 0 Å². The number of nitrogens with two attached hydrogens (primary N) is 1. The zero-order valence-corrected chi connectivity index (χ0v) is 21.1. The molecule has 0 saturated carbocycles. The predicted octanol–water partition coefficient (Wildman–Crippen LogP) is 5.78. The average molecular weight is 499 g/mol. The summed E-state index contributed by atoms with van der Waals surface area (Å²) >= 11 is 0. The Kier molecular flexibility index (Phi) is 7.32. The van der Waals surface area contributed by atoms with Crippen molar-refractivity contribution in [2.24, 2.45) is 5.73 Å². The molecule has 0 spiro atoms. The minimum absolute atomic E-state index is 0.115. The second-order valence-electron chi connectivity index (χ2n) is 9.55. The van der Waals surface area contributed by atoms with Gasteiger partial charge in [0.25, 0.3) is 0 Å². The summed E-state index contributed by atoms with van der Waals surface area (Å²) in [6, 6.07) is 43.3. The molecule has 3 N–H and O–H groups in total. The molecule has 0 saturated heterocycles. The maximum absolute atomic E-state index is 13.8. The highest BCUT2D eigenvalue weighted by Crippen LogP contribution is 2.42. The van der Waals surface area contributed by atoms with Crippen LogP contribution in [0.25, 0.3) is 10.8 Å². The molecule has 0 heterocycles. The summed E-state index contributed by atoms with van der Waals surface area (Å²) in [5.41, 5.74) is 9.02. The van der Waals surface area contributed by atoms with Gasteiger partial charge in [0.05, 0.1) is 5.41 Å². The zero-order chi connectivity index (χ0) is 26.4. The van der Waals surface area contributed by atoms with E-state index in [0.717, 1.165) is 33.0 Å². The van der Waals surface area contributed by atoms with Crippen LogP contribution in [0, 0.1) is 0 Å². The van der Waals surface area contributed by atoms with E-state index in [-0.39, 0.29) is 12.3 Å². The molecule has 0 unspecified atom stereocenters. The van der Waals surface area contributed by atoms with Gasteiger partial charge in [0.1, 0.15) is 6.04 Å². The van der Waals surface area contributed by atoms with E-state index in [9.17, 15) is 9.59 Å². The molecule has 4 nitrogen and oxygen atoms in total. The van der Waals surface area contributed by atoms with E-state index in [1.165, 1.54) is 0 Å². The topological polar surface area (TPSA) is 72.2 Å². The van der Waals surface area contributed by atoms with E-state index in [2.05, 4.69) is 41.7 Å². The zero-order valence-electron chi connectivity index (χ0n) is 21.1. The maximum atomic E-state index is 13.8. The first-order valence-electron chi connectivity index (χ1n) is 12.8. The van der Waals surface area contributed by atoms with Crippen LogP contribution in [0.15, 0.2) is 133 Å². The number of hydrogen-bond donors (Lipinski definition) is 2. The van der Waals surface area contributed by atoms with Crippen LogP contribution in [0.1, 0.15) is 28.7 Å². The minimum atomic E-state index is -0.840. The van der Waals surface area contributed by atoms with Gasteiger partial charge in [-0.25, -0.2) is 0 Å². The van der Waals surface area contributed by atoms with Crippen molar-refractivity contribution < 1.29 is 9.59 Å². The number of carbonyl (C=O) groups is 2. The van der Waals surface area contributed by atoms with Crippen molar-refractivity contribution in [2.45, 2.75) is 24.3 Å². The monoisotopic (exact) mass is 498 g/mol. The summed E-state index contributed by atoms with van der Waals surface area (Å²) in [7, 11) is 0. The van der Waals surface area contributed by atoms with Gasteiger partial charge in [-0.1, -0.05) is 133 Å². The molecule has 2 amide bonds. The number of benzene rings is 5. The number of rotatable bonds is 9. The Hall–Kier alpha value is -4.70. The molecule has 0 bridgehead atoms. The molecule has 38 heavy (non-hydrogen) atoms. The molecule has 0 aliphatic carbocycles. The molecule has 0 fully saturated rings. The van der Waals surface area contributed by atoms with E-state index in [4.69, 9.17) is 5.73 Å². The van der Waals surface area contributed by atoms with Crippen LogP contribution in [0.4, 0.5) is 0 Å². The molecule has 5 rings (SSSR count). The van der Waals surface area contributed by atoms with Gasteiger partial charge in [-0.2, -0.15) is 0 Å². The quantitative estimate of drug-likeness (QED) is 0.253. The van der Waals surface area contributed by atoms with Gasteiger partial charge in [0.15, 0.2) is 0 Å². The maximum Gasteiger partial charge on any atom is 0.240 e. The lowest BCUT2D eigenvalue weighted by Gasteiger charge is -2.36. The van der Waals surface area contributed by atoms with Crippen molar-refractivity contribution in [3.8, 4) is 0 Å². The van der Waals surface area contributed by atoms with Crippen LogP contribution in [0.5, 0.6) is 0 Å². The Morgan fingerprint density at radius 3 is 1.63 bits per heavy atom. The van der Waals surface area contributed by atoms with E-state index in [0.29, 0.717) is 6.42 Å². The fourth-order valence-corrected chi connectivity index (χ4v) is 5.37. The minimum Gasteiger partial charge on any atom is -0.368 e. The lowest BCUT2D eigenvalue weighted by molar-refractivity contribution is -0.127. The van der Waals surface area contributed by atoms with E-state index in [1.807, 2.05) is 97.1 Å². The van der Waals surface area contributed by atoms with Crippen LogP contribution in [0.3, 0.4) is 0 Å². The van der Waals surface area contributed by atoms with Crippen LogP contribution in [0.2, 0.25) is 0 Å². The van der Waals surface area contributed by atoms with Gasteiger partial charge < -0.3 is 11.1 Å². The molecule has 0 aliphatic heterocycles. The van der Waals surface area contributed by atoms with Gasteiger partial charge in [-0.3, -0.25) is 9.59 Å². The van der Waals surface area contributed by atoms with Crippen molar-refractivity contribution in [2.75, 3.05) is 0 Å². The molecular weight excluding hydrogens is 468 g/mol. The summed E-state index contributed by atoms with van der Waals surface area (Å²) < 4.78 is 0. The number of carbonyl (C=O) groups excluding carboxylic acids is 2. The SMILES string of the molecule is NC(=O)[C@@H](Cc1cccc2ccccc12)NC(=O)CC(c1ccccc1)(c1ccccc1)c1ccccc1. The molecule has 0 aliphatic rings. The van der Waals surface area contributed by atoms with E-state index in [1.54, 1.807) is 0 Å². The third kappa shape index (κ3) is 5.07. The van der Waals surface area contributed by atoms with Crippen molar-refractivity contribution in [3.05, 3.63) is 156 Å². The van der Waals surface area contributed by atoms with Crippen LogP contribution in [-0.2, 0) is 21.4 Å². The highest BCUT2D eigenvalue weighted by atomic mass is 16.2. The lowest BCUT2D eigenvalue weighted by Crippen LogP contribution is -2.48. The Bertz CT molecular complexity index is 1430. The van der Waals surface area contributed by atoms with Crippen LogP contribution in [-0.4, -0.2) is 17.9 Å². The summed E-state index contributed by atoms with van der Waals surface area (Å²) in [4.78, 5) is 26.4. The third-order valence-corrected chi connectivity index (χ3v) is 7.21. The third-order valence-electron chi connectivity index (χ3n) is 7.21. The molecule has 4 heteroatoms. The Labute approximate surface area is 223 Å². The second kappa shape index (κ2) is 11.1. The van der Waals surface area contributed by atoms with Gasteiger partial charge in [0.2, 0.25) is 11.8 Å². The summed E-state index contributed by atoms with van der Waals surface area (Å²) in [6.45, 7) is 0. The van der Waals surface area contributed by atoms with Crippen molar-refractivity contribution in [1.82, 2.24) is 5.32 Å². The molecule has 5 aromatic rings. The number of amides is 2. The Balaban J connectivity index is 1.52. The van der Waals surface area contributed by atoms with E-state index < -0.39 is 17.4 Å². The second-order valence-corrected chi connectivity index (χ2v) is 9.55. The highest BCUT2D eigenvalue weighted by Gasteiger charge is 2.39.